The highest BCUT2D eigenvalue weighted by Gasteiger charge is 2.55. The van der Waals surface area contributed by atoms with E-state index < -0.39 is 5.54 Å². The Kier molecular flexibility index (Phi) is 6.36. The maximum atomic E-state index is 14.1. The number of amides is 3. The van der Waals surface area contributed by atoms with Gasteiger partial charge in [0, 0.05) is 31.9 Å². The molecule has 38 heavy (non-hydrogen) atoms. The average molecular weight is 506 g/mol. The number of nitrogens with two attached hydrogens (primary N) is 1. The molecule has 4 aromatic carbocycles. The summed E-state index contributed by atoms with van der Waals surface area (Å²) in [5.41, 5.74) is 8.71. The van der Waals surface area contributed by atoms with E-state index in [-0.39, 0.29) is 24.3 Å². The molecule has 1 fully saturated rings. The summed E-state index contributed by atoms with van der Waals surface area (Å²) in [6.07, 6.45) is 0. The van der Waals surface area contributed by atoms with Crippen LogP contribution in [0.4, 0.5) is 10.5 Å². The number of hydrogen-bond acceptors (Lipinski definition) is 4. The van der Waals surface area contributed by atoms with Gasteiger partial charge in [-0.15, -0.1) is 0 Å². The van der Waals surface area contributed by atoms with Gasteiger partial charge in [-0.2, -0.15) is 0 Å². The fourth-order valence-corrected chi connectivity index (χ4v) is 5.04. The Morgan fingerprint density at radius 2 is 1.53 bits per heavy atom. The molecule has 7 nitrogen and oxygen atoms in total. The topological polar surface area (TPSA) is 93.7 Å². The number of anilines is 1. The molecule has 0 bridgehead atoms. The molecule has 0 aromatic heterocycles. The lowest BCUT2D eigenvalue weighted by molar-refractivity contribution is -0.133. The number of urea groups is 1. The van der Waals surface area contributed by atoms with Crippen molar-refractivity contribution in [3.63, 3.8) is 0 Å². The van der Waals surface area contributed by atoms with E-state index in [1.807, 2.05) is 117 Å². The van der Waals surface area contributed by atoms with Crippen LogP contribution in [0.3, 0.4) is 0 Å². The fourth-order valence-electron chi connectivity index (χ4n) is 5.04. The third-order valence-electron chi connectivity index (χ3n) is 7.35. The van der Waals surface area contributed by atoms with E-state index in [4.69, 9.17) is 11.1 Å². The van der Waals surface area contributed by atoms with Crippen molar-refractivity contribution in [3.8, 4) is 0 Å². The van der Waals surface area contributed by atoms with E-state index in [0.29, 0.717) is 12.1 Å². The molecule has 5 rings (SSSR count). The van der Waals surface area contributed by atoms with Gasteiger partial charge in [0.25, 0.3) is 5.91 Å². The largest absolute Gasteiger partial charge is 0.384 e. The van der Waals surface area contributed by atoms with Crippen molar-refractivity contribution < 1.29 is 9.59 Å². The van der Waals surface area contributed by atoms with Crippen LogP contribution in [0.1, 0.15) is 29.2 Å². The summed E-state index contributed by atoms with van der Waals surface area (Å²) < 4.78 is 0. The molecule has 1 atom stereocenters. The average Bonchev–Trinajstić information content (AvgIpc) is 3.10. The van der Waals surface area contributed by atoms with Crippen LogP contribution < -0.4 is 10.6 Å². The lowest BCUT2D eigenvalue weighted by Crippen LogP contribution is -2.44. The van der Waals surface area contributed by atoms with Crippen LogP contribution in [0.2, 0.25) is 0 Å². The van der Waals surface area contributed by atoms with Crippen LogP contribution in [0.25, 0.3) is 10.8 Å². The Balaban J connectivity index is 1.53. The van der Waals surface area contributed by atoms with Crippen LogP contribution in [-0.2, 0) is 23.4 Å². The Hall–Kier alpha value is -4.65. The SMILES string of the molecule is CN(C)c1ccc(C2(C)C(=O)N(Cc3ccc4ccc(C(=N)N)cc4c3)C(=O)N2Cc2ccccc2)cc1. The summed E-state index contributed by atoms with van der Waals surface area (Å²) in [4.78, 5) is 33.0. The van der Waals surface area contributed by atoms with Gasteiger partial charge >= 0.3 is 6.03 Å². The second-order valence-corrected chi connectivity index (χ2v) is 10.1. The molecule has 1 aliphatic rings. The molecule has 1 unspecified atom stereocenters. The molecule has 3 amide bonds. The van der Waals surface area contributed by atoms with Gasteiger partial charge in [-0.25, -0.2) is 4.79 Å². The molecule has 1 saturated heterocycles. The summed E-state index contributed by atoms with van der Waals surface area (Å²) in [7, 11) is 3.93. The van der Waals surface area contributed by atoms with Crippen molar-refractivity contribution in [2.24, 2.45) is 5.73 Å². The molecule has 0 radical (unpaired) electrons. The molecule has 7 heteroatoms. The molecule has 1 aliphatic heterocycles. The predicted molar refractivity (Wildman–Crippen MR) is 151 cm³/mol. The van der Waals surface area contributed by atoms with E-state index in [1.54, 1.807) is 4.90 Å². The summed E-state index contributed by atoms with van der Waals surface area (Å²) in [6, 6.07) is 28.6. The Bertz CT molecular complexity index is 1530. The number of amidine groups is 1. The first kappa shape index (κ1) is 25.0. The van der Waals surface area contributed by atoms with Crippen molar-refractivity contribution in [2.45, 2.75) is 25.6 Å². The number of carbonyl (C=O) groups excluding carboxylic acids is 2. The molecular formula is C31H31N5O2. The second kappa shape index (κ2) is 9.67. The third kappa shape index (κ3) is 4.36. The zero-order valence-corrected chi connectivity index (χ0v) is 21.8. The van der Waals surface area contributed by atoms with Gasteiger partial charge < -0.3 is 15.5 Å². The predicted octanol–water partition coefficient (Wildman–Crippen LogP) is 5.07. The number of fused-ring (bicyclic) bond motifs is 1. The van der Waals surface area contributed by atoms with Crippen LogP contribution in [0.5, 0.6) is 0 Å². The molecule has 0 aliphatic carbocycles. The number of nitrogens with zero attached hydrogens (tertiary/aromatic N) is 3. The lowest BCUT2D eigenvalue weighted by Gasteiger charge is -2.32. The maximum Gasteiger partial charge on any atom is 0.328 e. The zero-order chi connectivity index (χ0) is 27.0. The number of hydrogen-bond donors (Lipinski definition) is 2. The third-order valence-corrected chi connectivity index (χ3v) is 7.35. The van der Waals surface area contributed by atoms with Crippen molar-refractivity contribution in [2.75, 3.05) is 19.0 Å². The van der Waals surface area contributed by atoms with Crippen LogP contribution in [0, 0.1) is 5.41 Å². The first-order chi connectivity index (χ1) is 18.2. The minimum atomic E-state index is -1.16. The number of carbonyl (C=O) groups is 2. The minimum Gasteiger partial charge on any atom is -0.384 e. The van der Waals surface area contributed by atoms with Gasteiger partial charge in [0.2, 0.25) is 0 Å². The van der Waals surface area contributed by atoms with Crippen molar-refractivity contribution in [1.29, 1.82) is 5.41 Å². The van der Waals surface area contributed by atoms with Crippen molar-refractivity contribution in [3.05, 3.63) is 113 Å². The van der Waals surface area contributed by atoms with Gasteiger partial charge in [0.15, 0.2) is 0 Å². The van der Waals surface area contributed by atoms with E-state index >= 15 is 0 Å². The van der Waals surface area contributed by atoms with Crippen molar-refractivity contribution >= 4 is 34.2 Å². The maximum absolute atomic E-state index is 14.1. The van der Waals surface area contributed by atoms with Crippen LogP contribution in [0.15, 0.2) is 91.0 Å². The van der Waals surface area contributed by atoms with Gasteiger partial charge in [0.05, 0.1) is 6.54 Å². The van der Waals surface area contributed by atoms with E-state index in [2.05, 4.69) is 0 Å². The number of nitrogens with one attached hydrogen (secondary N) is 1. The highest BCUT2D eigenvalue weighted by Crippen LogP contribution is 2.40. The van der Waals surface area contributed by atoms with Gasteiger partial charge in [0.1, 0.15) is 11.4 Å². The lowest BCUT2D eigenvalue weighted by atomic mass is 9.89. The van der Waals surface area contributed by atoms with Crippen LogP contribution in [-0.4, -0.2) is 41.7 Å². The number of benzene rings is 4. The summed E-state index contributed by atoms with van der Waals surface area (Å²) >= 11 is 0. The Labute approximate surface area is 222 Å². The summed E-state index contributed by atoms with van der Waals surface area (Å²) in [5.74, 6) is -0.261. The molecule has 192 valence electrons. The van der Waals surface area contributed by atoms with E-state index in [0.717, 1.165) is 33.2 Å². The van der Waals surface area contributed by atoms with Gasteiger partial charge in [-0.1, -0.05) is 66.7 Å². The van der Waals surface area contributed by atoms with E-state index in [1.165, 1.54) is 4.90 Å². The normalized spacial score (nSPS) is 17.3. The standard InChI is InChI=1S/C31H31N5O2/c1-31(26-13-15-27(16-14-26)34(2)3)29(37)35(30(38)36(31)20-21-7-5-4-6-8-21)19-22-9-10-23-11-12-24(28(32)33)18-25(23)17-22/h4-18H,19-20H2,1-3H3,(H3,32,33). The summed E-state index contributed by atoms with van der Waals surface area (Å²) in [5, 5.41) is 9.64. The first-order valence-corrected chi connectivity index (χ1v) is 12.5. The minimum absolute atomic E-state index is 0.00481. The van der Waals surface area contributed by atoms with E-state index in [9.17, 15) is 9.59 Å². The Morgan fingerprint density at radius 3 is 2.18 bits per heavy atom. The zero-order valence-electron chi connectivity index (χ0n) is 21.8. The second-order valence-electron chi connectivity index (χ2n) is 10.1. The molecule has 4 aromatic rings. The van der Waals surface area contributed by atoms with Crippen LogP contribution >= 0.6 is 0 Å². The molecular weight excluding hydrogens is 474 g/mol. The highest BCUT2D eigenvalue weighted by atomic mass is 16.2. The summed E-state index contributed by atoms with van der Waals surface area (Å²) in [6.45, 7) is 2.29. The first-order valence-electron chi connectivity index (χ1n) is 12.5. The fraction of sp³-hybridized carbons (Fsp3) is 0.194. The van der Waals surface area contributed by atoms with Crippen molar-refractivity contribution in [1.82, 2.24) is 9.80 Å². The molecule has 0 saturated carbocycles. The monoisotopic (exact) mass is 505 g/mol. The Morgan fingerprint density at radius 1 is 0.842 bits per heavy atom. The quantitative estimate of drug-likeness (QED) is 0.208. The molecule has 3 N–H and O–H groups in total. The molecule has 0 spiro atoms. The number of imide groups is 1. The molecule has 1 heterocycles. The van der Waals surface area contributed by atoms with Gasteiger partial charge in [-0.05, 0) is 58.7 Å². The smallest absolute Gasteiger partial charge is 0.328 e. The van der Waals surface area contributed by atoms with Gasteiger partial charge in [-0.3, -0.25) is 15.1 Å². The number of rotatable bonds is 7. The highest BCUT2D eigenvalue weighted by molar-refractivity contribution is 6.07. The number of nitrogen functional groups attached to an aromatic ring is 1.